The molecule has 0 bridgehead atoms. The van der Waals surface area contributed by atoms with Gasteiger partial charge in [-0.15, -0.1) is 69.1 Å². The predicted molar refractivity (Wildman–Crippen MR) is 243 cm³/mol. The maximum atomic E-state index is 4.93. The minimum absolute atomic E-state index is 0.326. The zero-order valence-corrected chi connectivity index (χ0v) is 39.8. The molecule has 6 aromatic carbocycles. The number of halogens is 2. The summed E-state index contributed by atoms with van der Waals surface area (Å²) in [4.78, 5) is 0. The van der Waals surface area contributed by atoms with E-state index in [1.165, 1.54) is 91.4 Å². The van der Waals surface area contributed by atoms with Crippen molar-refractivity contribution in [1.82, 2.24) is 0 Å². The number of hydrogen-bond donors (Lipinski definition) is 0. The van der Waals surface area contributed by atoms with Gasteiger partial charge in [-0.1, -0.05) is 166 Å². The second kappa shape index (κ2) is 23.1. The van der Waals surface area contributed by atoms with Crippen LogP contribution in [-0.2, 0) is 46.5 Å². The number of rotatable bonds is 10. The quantitative estimate of drug-likeness (QED) is 0.0951. The van der Waals surface area contributed by atoms with Crippen molar-refractivity contribution >= 4 is 48.1 Å². The molecule has 0 amide bonds. The summed E-state index contributed by atoms with van der Waals surface area (Å²) in [7, 11) is 11.0. The molecule has 0 aromatic heterocycles. The summed E-state index contributed by atoms with van der Waals surface area (Å²) in [6, 6.07) is 42.4. The van der Waals surface area contributed by atoms with Crippen LogP contribution in [0.25, 0.3) is 43.8 Å². The van der Waals surface area contributed by atoms with Crippen molar-refractivity contribution < 1.29 is 20.8 Å². The van der Waals surface area contributed by atoms with Gasteiger partial charge in [-0.2, -0.15) is 12.1 Å². The average molecular weight is 855 g/mol. The monoisotopic (exact) mass is 852 g/mol. The second-order valence-electron chi connectivity index (χ2n) is 16.9. The Kier molecular flexibility index (Phi) is 19.8. The summed E-state index contributed by atoms with van der Waals surface area (Å²) in [6.45, 7) is 22.7. The number of aryl methyl sites for hydroxylation is 2. The van der Waals surface area contributed by atoms with E-state index < -0.39 is 20.8 Å². The Morgan fingerprint density at radius 2 is 0.926 bits per heavy atom. The van der Waals surface area contributed by atoms with E-state index in [1.807, 2.05) is 0 Å². The number of fused-ring (bicyclic) bond motifs is 2. The van der Waals surface area contributed by atoms with Gasteiger partial charge >= 0.3 is 37.9 Å². The van der Waals surface area contributed by atoms with E-state index in [4.69, 9.17) is 17.0 Å². The fraction of sp³-hybridized carbons (Fsp3) is 0.400. The Morgan fingerprint density at radius 3 is 1.20 bits per heavy atom. The first-order chi connectivity index (χ1) is 25.7. The van der Waals surface area contributed by atoms with Crippen molar-refractivity contribution in [3.8, 4) is 22.3 Å². The topological polar surface area (TPSA) is 0 Å². The molecule has 0 unspecified atom stereocenters. The van der Waals surface area contributed by atoms with Crippen molar-refractivity contribution in [2.45, 2.75) is 120 Å². The van der Waals surface area contributed by atoms with Gasteiger partial charge in [0.1, 0.15) is 0 Å². The molecule has 0 saturated carbocycles. The standard InChI is InChI=1S/2C23H27.C4H10Si.2ClH.Zr/c2*1-5-7-17-10-12-19(13-11-17)21-9-6-8-20-14-18(15-22(20)21)16-23(2,3)4;1-3-4-5-2;;;/h2*6,8-15H,5,7,16H2,1-4H3;3-4H2,1-2H3;2*1H;/q2*-1;;;;+4/p-2. The predicted octanol–water partition coefficient (Wildman–Crippen LogP) is 16.5. The molecule has 2 radical (unpaired) electrons. The average Bonchev–Trinajstić information content (AvgIpc) is 3.72. The molecule has 0 nitrogen and oxygen atoms in total. The second-order valence-corrected chi connectivity index (χ2v) is 21.8. The van der Waals surface area contributed by atoms with Gasteiger partial charge in [0, 0.05) is 9.52 Å². The van der Waals surface area contributed by atoms with Crippen LogP contribution in [0.15, 0.2) is 109 Å². The molecule has 0 saturated heterocycles. The molecule has 0 heterocycles. The van der Waals surface area contributed by atoms with Crippen LogP contribution >= 0.6 is 17.0 Å². The summed E-state index contributed by atoms with van der Waals surface area (Å²) >= 11 is -0.826. The number of benzene rings is 4. The van der Waals surface area contributed by atoms with Crippen molar-refractivity contribution in [1.29, 1.82) is 0 Å². The Labute approximate surface area is 350 Å². The molecule has 54 heavy (non-hydrogen) atoms. The van der Waals surface area contributed by atoms with Crippen LogP contribution in [0.1, 0.15) is 104 Å². The molecular formula is C50H64Cl2SiZr. The molecule has 0 aliphatic carbocycles. The third-order valence-corrected chi connectivity index (χ3v) is 10.2. The van der Waals surface area contributed by atoms with Gasteiger partial charge in [0.2, 0.25) is 0 Å². The van der Waals surface area contributed by atoms with Crippen LogP contribution in [-0.4, -0.2) is 9.52 Å². The van der Waals surface area contributed by atoms with Crippen LogP contribution in [0.4, 0.5) is 0 Å². The summed E-state index contributed by atoms with van der Waals surface area (Å²) in [6.07, 6.45) is 8.33. The fourth-order valence-electron chi connectivity index (χ4n) is 7.06. The molecule has 0 atom stereocenters. The summed E-state index contributed by atoms with van der Waals surface area (Å²) < 4.78 is 0. The summed E-state index contributed by atoms with van der Waals surface area (Å²) in [5.74, 6) is 0. The van der Waals surface area contributed by atoms with Gasteiger partial charge < -0.3 is 0 Å². The first-order valence-corrected chi connectivity index (χ1v) is 28.0. The van der Waals surface area contributed by atoms with E-state index in [2.05, 4.69) is 178 Å². The molecule has 286 valence electrons. The van der Waals surface area contributed by atoms with E-state index in [9.17, 15) is 0 Å². The first kappa shape index (κ1) is 46.2. The van der Waals surface area contributed by atoms with Gasteiger partial charge in [-0.25, -0.2) is 0 Å². The van der Waals surface area contributed by atoms with Gasteiger partial charge in [-0.05, 0) is 58.8 Å². The molecule has 0 spiro atoms. The van der Waals surface area contributed by atoms with Crippen LogP contribution < -0.4 is 0 Å². The molecule has 6 rings (SSSR count). The van der Waals surface area contributed by atoms with Gasteiger partial charge in [0.25, 0.3) is 0 Å². The van der Waals surface area contributed by atoms with Gasteiger partial charge in [-0.3, -0.25) is 0 Å². The van der Waals surface area contributed by atoms with E-state index in [1.54, 1.807) is 0 Å². The van der Waals surface area contributed by atoms with Crippen LogP contribution in [0, 0.1) is 10.8 Å². The van der Waals surface area contributed by atoms with Crippen LogP contribution in [0.2, 0.25) is 12.6 Å². The van der Waals surface area contributed by atoms with Gasteiger partial charge in [0.15, 0.2) is 0 Å². The zero-order chi connectivity index (χ0) is 39.7. The molecule has 0 N–H and O–H groups in total. The Balaban J connectivity index is 0.000000243. The molecule has 0 fully saturated rings. The van der Waals surface area contributed by atoms with E-state index in [0.717, 1.165) is 35.2 Å². The third-order valence-electron chi connectivity index (χ3n) is 9.20. The zero-order valence-electron chi connectivity index (χ0n) is 34.8. The SMILES string of the molecule is CCC[Si]C.CCCc1ccc(-c2cccc3[cH-]c(CC(C)(C)C)cc23)cc1.CCCc1ccc(-c2cccc3[cH-]c(CC(C)(C)C)cc23)cc1.[Cl][Zr+2][Cl]. The van der Waals surface area contributed by atoms with E-state index >= 15 is 0 Å². The molecule has 0 aliphatic rings. The normalized spacial score (nSPS) is 11.2. The van der Waals surface area contributed by atoms with Crippen molar-refractivity contribution in [3.63, 3.8) is 0 Å². The third kappa shape index (κ3) is 15.4. The maximum absolute atomic E-state index is 4.93. The molecule has 0 aliphatic heterocycles. The molecular weight excluding hydrogens is 791 g/mol. The Bertz CT molecular complexity index is 1790. The first-order valence-electron chi connectivity index (χ1n) is 19.9. The van der Waals surface area contributed by atoms with Gasteiger partial charge in [0.05, 0.1) is 0 Å². The van der Waals surface area contributed by atoms with E-state index in [0.29, 0.717) is 10.8 Å². The molecule has 4 heteroatoms. The van der Waals surface area contributed by atoms with Crippen molar-refractivity contribution in [2.24, 2.45) is 10.8 Å². The van der Waals surface area contributed by atoms with E-state index in [-0.39, 0.29) is 0 Å². The Hall–Kier alpha value is -2.22. The summed E-state index contributed by atoms with van der Waals surface area (Å²) in [5, 5.41) is 5.49. The minimum atomic E-state index is -0.826. The summed E-state index contributed by atoms with van der Waals surface area (Å²) in [5.41, 5.74) is 11.8. The van der Waals surface area contributed by atoms with Crippen LogP contribution in [0.5, 0.6) is 0 Å². The fourth-order valence-corrected chi connectivity index (χ4v) is 7.56. The van der Waals surface area contributed by atoms with Crippen LogP contribution in [0.3, 0.4) is 0 Å². The Morgan fingerprint density at radius 1 is 0.556 bits per heavy atom. The molecule has 6 aromatic rings. The number of hydrogen-bond acceptors (Lipinski definition) is 0. The van der Waals surface area contributed by atoms with Crippen molar-refractivity contribution in [2.75, 3.05) is 0 Å². The van der Waals surface area contributed by atoms with Crippen molar-refractivity contribution in [3.05, 3.63) is 131 Å².